The number of carbonyl (C=O) groups excluding carboxylic acids is 1. The van der Waals surface area contributed by atoms with Crippen LogP contribution in [0.5, 0.6) is 0 Å². The average Bonchev–Trinajstić information content (AvgIpc) is 2.27. The van der Waals surface area contributed by atoms with Gasteiger partial charge in [0.25, 0.3) is 0 Å². The molecule has 0 spiro atoms. The Morgan fingerprint density at radius 1 is 1.42 bits per heavy atom. The molecule has 0 saturated carbocycles. The molecule has 0 saturated heterocycles. The second-order valence-corrected chi connectivity index (χ2v) is 6.97. The van der Waals surface area contributed by atoms with Crippen molar-refractivity contribution >= 4 is 22.9 Å². The summed E-state index contributed by atoms with van der Waals surface area (Å²) in [6, 6.07) is 1.50. The van der Waals surface area contributed by atoms with Crippen molar-refractivity contribution in [3.8, 4) is 0 Å². The highest BCUT2D eigenvalue weighted by molar-refractivity contribution is 7.91. The molecule has 1 atom stereocenters. The Labute approximate surface area is 115 Å². The average molecular weight is 280 g/mol. The molecule has 1 aromatic carbocycles. The highest BCUT2D eigenvalue weighted by Gasteiger charge is 2.45. The zero-order valence-electron chi connectivity index (χ0n) is 11.4. The number of fused-ring (bicyclic) bond motifs is 1. The molecule has 0 fully saturated rings. The summed E-state index contributed by atoms with van der Waals surface area (Å²) in [5, 5.41) is 9.19. The molecule has 1 aliphatic heterocycles. The lowest BCUT2D eigenvalue weighted by Crippen LogP contribution is -2.39. The van der Waals surface area contributed by atoms with Gasteiger partial charge in [0.05, 0.1) is 16.5 Å². The number of Topliss-reactive ketones (excluding diaryl/α,β-unsaturated/α-hetero) is 1. The minimum absolute atomic E-state index is 0.110. The third kappa shape index (κ3) is 2.07. The zero-order chi connectivity index (χ0) is 14.5. The van der Waals surface area contributed by atoms with Crippen LogP contribution in [0.25, 0.3) is 0 Å². The van der Waals surface area contributed by atoms with Crippen molar-refractivity contribution in [1.82, 2.24) is 0 Å². The fourth-order valence-electron chi connectivity index (χ4n) is 2.49. The van der Waals surface area contributed by atoms with Gasteiger partial charge in [0.1, 0.15) is 5.75 Å². The van der Waals surface area contributed by atoms with E-state index in [-0.39, 0.29) is 17.1 Å². The zero-order valence-corrected chi connectivity index (χ0v) is 12.2. The van der Waals surface area contributed by atoms with Crippen LogP contribution < -0.4 is 0 Å². The van der Waals surface area contributed by atoms with Gasteiger partial charge in [-0.2, -0.15) is 0 Å². The van der Waals surface area contributed by atoms with Crippen LogP contribution in [0.15, 0.2) is 11.0 Å². The molecule has 0 amide bonds. The first-order valence-electron chi connectivity index (χ1n) is 5.97. The molecular formula is C14H16O4S. The van der Waals surface area contributed by atoms with Gasteiger partial charge < -0.3 is 9.66 Å². The first kappa shape index (κ1) is 14.1. The smallest absolute Gasteiger partial charge is 0.335 e. The van der Waals surface area contributed by atoms with E-state index in [1.807, 2.05) is 0 Å². The van der Waals surface area contributed by atoms with Crippen molar-refractivity contribution < 1.29 is 19.2 Å². The van der Waals surface area contributed by atoms with Crippen molar-refractivity contribution in [3.05, 3.63) is 28.3 Å². The highest BCUT2D eigenvalue weighted by atomic mass is 32.2. The molecule has 1 heterocycles. The van der Waals surface area contributed by atoms with Crippen LogP contribution in [0.4, 0.5) is 0 Å². The molecule has 0 aliphatic carbocycles. The van der Waals surface area contributed by atoms with Crippen LogP contribution in [-0.4, -0.2) is 27.2 Å². The first-order valence-corrected chi connectivity index (χ1v) is 7.29. The van der Waals surface area contributed by atoms with Gasteiger partial charge in [-0.25, -0.2) is 4.79 Å². The second-order valence-electron chi connectivity index (χ2n) is 5.58. The van der Waals surface area contributed by atoms with E-state index >= 15 is 0 Å². The predicted molar refractivity (Wildman–Crippen MR) is 72.3 cm³/mol. The quantitative estimate of drug-likeness (QED) is 0.801. The van der Waals surface area contributed by atoms with E-state index in [2.05, 4.69) is 0 Å². The van der Waals surface area contributed by atoms with E-state index in [0.29, 0.717) is 21.6 Å². The number of aryl methyl sites for hydroxylation is 1. The molecular weight excluding hydrogens is 264 g/mol. The van der Waals surface area contributed by atoms with Crippen LogP contribution in [0.2, 0.25) is 0 Å². The van der Waals surface area contributed by atoms with E-state index in [9.17, 15) is 19.2 Å². The van der Waals surface area contributed by atoms with Crippen molar-refractivity contribution in [2.24, 2.45) is 5.41 Å². The van der Waals surface area contributed by atoms with Crippen molar-refractivity contribution in [1.29, 1.82) is 0 Å². The summed E-state index contributed by atoms with van der Waals surface area (Å²) in [6.45, 7) is 6.81. The van der Waals surface area contributed by atoms with Crippen molar-refractivity contribution in [3.63, 3.8) is 0 Å². The van der Waals surface area contributed by atoms with E-state index in [0.717, 1.165) is 0 Å². The van der Waals surface area contributed by atoms with Gasteiger partial charge in [-0.05, 0) is 50.5 Å². The third-order valence-corrected chi connectivity index (χ3v) is 5.48. The number of rotatable bonds is 1. The lowest BCUT2D eigenvalue weighted by atomic mass is 9.82. The van der Waals surface area contributed by atoms with Crippen molar-refractivity contribution in [2.75, 3.05) is 5.75 Å². The maximum Gasteiger partial charge on any atom is 0.335 e. The lowest BCUT2D eigenvalue weighted by molar-refractivity contribution is 0.0695. The largest absolute Gasteiger partial charge is 0.611 e. The highest BCUT2D eigenvalue weighted by Crippen LogP contribution is 2.39. The maximum atomic E-state index is 12.5. The van der Waals surface area contributed by atoms with Crippen LogP contribution in [0.1, 0.15) is 45.7 Å². The molecule has 0 radical (unpaired) electrons. The minimum atomic E-state index is -1.26. The van der Waals surface area contributed by atoms with E-state index < -0.39 is 22.6 Å². The van der Waals surface area contributed by atoms with E-state index in [4.69, 9.17) is 0 Å². The Balaban J connectivity index is 2.82. The van der Waals surface area contributed by atoms with Gasteiger partial charge in [-0.1, -0.05) is 0 Å². The van der Waals surface area contributed by atoms with Gasteiger partial charge in [0.15, 0.2) is 10.7 Å². The fourth-order valence-corrected chi connectivity index (χ4v) is 4.31. The van der Waals surface area contributed by atoms with Crippen LogP contribution >= 0.6 is 0 Å². The molecule has 0 aromatic heterocycles. The van der Waals surface area contributed by atoms with Crippen LogP contribution in [0, 0.1) is 19.3 Å². The lowest BCUT2D eigenvalue weighted by Gasteiger charge is -2.32. The maximum absolute atomic E-state index is 12.5. The number of carboxylic acids is 1. The molecule has 0 bridgehead atoms. The number of ketones is 1. The molecule has 19 heavy (non-hydrogen) atoms. The van der Waals surface area contributed by atoms with Gasteiger partial charge in [0, 0.05) is 5.56 Å². The van der Waals surface area contributed by atoms with Gasteiger partial charge in [-0.3, -0.25) is 4.79 Å². The Kier molecular flexibility index (Phi) is 3.23. The molecule has 2 rings (SSSR count). The van der Waals surface area contributed by atoms with E-state index in [1.165, 1.54) is 6.07 Å². The SMILES string of the molecule is Cc1cc(C(=O)O)c(C)c2c1[S+]([O-])CC(C)(C)C2=O. The topological polar surface area (TPSA) is 77.4 Å². The first-order chi connectivity index (χ1) is 8.66. The molecule has 1 N–H and O–H groups in total. The van der Waals surface area contributed by atoms with Crippen LogP contribution in [0.3, 0.4) is 0 Å². The normalized spacial score (nSPS) is 21.1. The summed E-state index contributed by atoms with van der Waals surface area (Å²) in [6.07, 6.45) is 0. The molecule has 5 heteroatoms. The Morgan fingerprint density at radius 3 is 2.53 bits per heavy atom. The summed E-state index contributed by atoms with van der Waals surface area (Å²) in [5.41, 5.74) is 0.761. The van der Waals surface area contributed by atoms with Crippen LogP contribution in [-0.2, 0) is 11.2 Å². The standard InChI is InChI=1S/C14H16O4S/c1-7-5-9(13(16)17)8(2)10-11(7)19(18)6-14(3,4)12(10)15/h5H,6H2,1-4H3,(H,16,17). The minimum Gasteiger partial charge on any atom is -0.611 e. The Bertz CT molecular complexity index is 590. The number of carboxylic acid groups (broad SMARTS) is 1. The van der Waals surface area contributed by atoms with Gasteiger partial charge >= 0.3 is 5.97 Å². The van der Waals surface area contributed by atoms with Crippen molar-refractivity contribution in [2.45, 2.75) is 32.6 Å². The fraction of sp³-hybridized carbons (Fsp3) is 0.429. The molecule has 1 aromatic rings. The number of aromatic carboxylic acids is 1. The summed E-state index contributed by atoms with van der Waals surface area (Å²) < 4.78 is 12.3. The summed E-state index contributed by atoms with van der Waals surface area (Å²) in [7, 11) is 0. The summed E-state index contributed by atoms with van der Waals surface area (Å²) in [4.78, 5) is 24.2. The Morgan fingerprint density at radius 2 is 2.00 bits per heavy atom. The monoisotopic (exact) mass is 280 g/mol. The molecule has 1 unspecified atom stereocenters. The molecule has 4 nitrogen and oxygen atoms in total. The molecule has 102 valence electrons. The summed E-state index contributed by atoms with van der Waals surface area (Å²) >= 11 is -1.26. The van der Waals surface area contributed by atoms with Gasteiger partial charge in [-0.15, -0.1) is 0 Å². The number of hydrogen-bond donors (Lipinski definition) is 1. The number of benzene rings is 1. The molecule has 1 aliphatic rings. The Hall–Kier alpha value is -1.33. The second kappa shape index (κ2) is 4.35. The third-order valence-electron chi connectivity index (χ3n) is 3.52. The van der Waals surface area contributed by atoms with E-state index in [1.54, 1.807) is 27.7 Å². The number of hydrogen-bond acceptors (Lipinski definition) is 3. The number of carbonyl (C=O) groups is 2. The predicted octanol–water partition coefficient (Wildman–Crippen LogP) is 2.33. The summed E-state index contributed by atoms with van der Waals surface area (Å²) in [5.74, 6) is -0.901. The van der Waals surface area contributed by atoms with Gasteiger partial charge in [0.2, 0.25) is 0 Å².